The van der Waals surface area contributed by atoms with Crippen LogP contribution in [0.5, 0.6) is 0 Å². The van der Waals surface area contributed by atoms with Gasteiger partial charge in [0.15, 0.2) is 5.82 Å². The average molecular weight is 346 g/mol. The highest BCUT2D eigenvalue weighted by Crippen LogP contribution is 2.25. The number of rotatable bonds is 4. The van der Waals surface area contributed by atoms with E-state index in [1.165, 1.54) is 0 Å². The monoisotopic (exact) mass is 345 g/mol. The van der Waals surface area contributed by atoms with Gasteiger partial charge in [-0.2, -0.15) is 5.10 Å². The summed E-state index contributed by atoms with van der Waals surface area (Å²) in [4.78, 5) is 12.2. The second-order valence-corrected chi connectivity index (χ2v) is 5.72. The van der Waals surface area contributed by atoms with Crippen molar-refractivity contribution in [3.05, 3.63) is 76.4 Å². The maximum Gasteiger partial charge on any atom is 0.230 e. The van der Waals surface area contributed by atoms with E-state index >= 15 is 0 Å². The molecule has 1 amide bonds. The molecule has 0 bridgehead atoms. The van der Waals surface area contributed by atoms with Gasteiger partial charge in [0.25, 0.3) is 0 Å². The highest BCUT2D eigenvalue weighted by Gasteiger charge is 2.12. The number of amides is 1. The lowest BCUT2D eigenvalue weighted by molar-refractivity contribution is -0.115. The third kappa shape index (κ3) is 3.73. The third-order valence-corrected chi connectivity index (χ3v) is 3.98. The SMILES string of the molecule is O=C(Cc1c(Cl)cccc1Cl)Nc1ccn(-c2ccccc2)n1. The van der Waals surface area contributed by atoms with Crippen molar-refractivity contribution >= 4 is 34.9 Å². The van der Waals surface area contributed by atoms with Gasteiger partial charge in [-0.3, -0.25) is 4.79 Å². The Hall–Kier alpha value is -2.30. The normalized spacial score (nSPS) is 10.5. The van der Waals surface area contributed by atoms with Crippen molar-refractivity contribution in [2.45, 2.75) is 6.42 Å². The Morgan fingerprint density at radius 1 is 1.00 bits per heavy atom. The maximum atomic E-state index is 12.2. The van der Waals surface area contributed by atoms with E-state index in [0.29, 0.717) is 21.4 Å². The van der Waals surface area contributed by atoms with Crippen LogP contribution in [-0.2, 0) is 11.2 Å². The zero-order valence-electron chi connectivity index (χ0n) is 12.0. The highest BCUT2D eigenvalue weighted by atomic mass is 35.5. The number of benzene rings is 2. The standard InChI is InChI=1S/C17H13Cl2N3O/c18-14-7-4-8-15(19)13(14)11-17(23)20-16-9-10-22(21-16)12-5-2-1-3-6-12/h1-10H,11H2,(H,20,21,23). The first kappa shape index (κ1) is 15.6. The van der Waals surface area contributed by atoms with Gasteiger partial charge in [0.05, 0.1) is 12.1 Å². The van der Waals surface area contributed by atoms with Crippen LogP contribution < -0.4 is 5.32 Å². The number of carbonyl (C=O) groups excluding carboxylic acids is 1. The van der Waals surface area contributed by atoms with E-state index in [0.717, 1.165) is 5.69 Å². The third-order valence-electron chi connectivity index (χ3n) is 3.28. The molecule has 0 saturated carbocycles. The average Bonchev–Trinajstić information content (AvgIpc) is 3.00. The highest BCUT2D eigenvalue weighted by molar-refractivity contribution is 6.36. The molecule has 6 heteroatoms. The summed E-state index contributed by atoms with van der Waals surface area (Å²) in [6, 6.07) is 16.5. The molecule has 0 aliphatic carbocycles. The van der Waals surface area contributed by atoms with Crippen LogP contribution in [0.4, 0.5) is 5.82 Å². The summed E-state index contributed by atoms with van der Waals surface area (Å²) < 4.78 is 1.69. The van der Waals surface area contributed by atoms with Crippen molar-refractivity contribution < 1.29 is 4.79 Å². The number of anilines is 1. The summed E-state index contributed by atoms with van der Waals surface area (Å²) >= 11 is 12.2. The van der Waals surface area contributed by atoms with E-state index in [1.54, 1.807) is 35.1 Å². The van der Waals surface area contributed by atoms with E-state index in [4.69, 9.17) is 23.2 Å². The summed E-state index contributed by atoms with van der Waals surface area (Å²) in [6.45, 7) is 0. The number of aromatic nitrogens is 2. The Balaban J connectivity index is 1.70. The van der Waals surface area contributed by atoms with Gasteiger partial charge in [0, 0.05) is 22.3 Å². The van der Waals surface area contributed by atoms with Crippen molar-refractivity contribution in [2.75, 3.05) is 5.32 Å². The van der Waals surface area contributed by atoms with E-state index in [1.807, 2.05) is 30.3 Å². The van der Waals surface area contributed by atoms with E-state index in [-0.39, 0.29) is 12.3 Å². The molecule has 4 nitrogen and oxygen atoms in total. The molecule has 3 rings (SSSR count). The van der Waals surface area contributed by atoms with Gasteiger partial charge in [-0.25, -0.2) is 4.68 Å². The first-order chi connectivity index (χ1) is 11.1. The molecule has 0 aliphatic heterocycles. The second kappa shape index (κ2) is 6.86. The van der Waals surface area contributed by atoms with Crippen molar-refractivity contribution in [3.63, 3.8) is 0 Å². The fraction of sp³-hybridized carbons (Fsp3) is 0.0588. The second-order valence-electron chi connectivity index (χ2n) is 4.91. The van der Waals surface area contributed by atoms with Gasteiger partial charge in [0.1, 0.15) is 0 Å². The van der Waals surface area contributed by atoms with Crippen LogP contribution in [0.15, 0.2) is 60.8 Å². The first-order valence-corrected chi connectivity index (χ1v) is 7.73. The molecule has 0 unspecified atom stereocenters. The number of nitrogens with zero attached hydrogens (tertiary/aromatic N) is 2. The van der Waals surface area contributed by atoms with E-state index in [9.17, 15) is 4.79 Å². The van der Waals surface area contributed by atoms with Crippen LogP contribution >= 0.6 is 23.2 Å². The molecule has 116 valence electrons. The molecular formula is C17H13Cl2N3O. The predicted molar refractivity (Wildman–Crippen MR) is 92.4 cm³/mol. The minimum absolute atomic E-state index is 0.0940. The molecule has 0 atom stereocenters. The van der Waals surface area contributed by atoms with Gasteiger partial charge in [-0.05, 0) is 29.8 Å². The summed E-state index contributed by atoms with van der Waals surface area (Å²) in [5, 5.41) is 8.02. The Labute approximate surface area is 143 Å². The molecule has 2 aromatic carbocycles. The lowest BCUT2D eigenvalue weighted by Crippen LogP contribution is -2.15. The van der Waals surface area contributed by atoms with Crippen molar-refractivity contribution in [1.29, 1.82) is 0 Å². The lowest BCUT2D eigenvalue weighted by Gasteiger charge is -2.06. The summed E-state index contributed by atoms with van der Waals surface area (Å²) in [5.74, 6) is 0.250. The van der Waals surface area contributed by atoms with Crippen molar-refractivity contribution in [3.8, 4) is 5.69 Å². The number of hydrogen-bond acceptors (Lipinski definition) is 2. The molecule has 0 radical (unpaired) electrons. The quantitative estimate of drug-likeness (QED) is 0.763. The fourth-order valence-corrected chi connectivity index (χ4v) is 2.70. The molecule has 1 aromatic heterocycles. The molecule has 1 heterocycles. The van der Waals surface area contributed by atoms with Gasteiger partial charge >= 0.3 is 0 Å². The number of nitrogens with one attached hydrogen (secondary N) is 1. The van der Waals surface area contributed by atoms with Crippen LogP contribution in [-0.4, -0.2) is 15.7 Å². The van der Waals surface area contributed by atoms with Crippen LogP contribution in [0.1, 0.15) is 5.56 Å². The number of hydrogen-bond donors (Lipinski definition) is 1. The smallest absolute Gasteiger partial charge is 0.230 e. The molecule has 0 aliphatic rings. The molecular weight excluding hydrogens is 333 g/mol. The Morgan fingerprint density at radius 2 is 1.70 bits per heavy atom. The maximum absolute atomic E-state index is 12.2. The predicted octanol–water partition coefficient (Wildman–Crippen LogP) is 4.36. The topological polar surface area (TPSA) is 46.9 Å². The van der Waals surface area contributed by atoms with Crippen LogP contribution in [0.25, 0.3) is 5.69 Å². The fourth-order valence-electron chi connectivity index (χ4n) is 2.16. The van der Waals surface area contributed by atoms with Gasteiger partial charge in [-0.1, -0.05) is 47.5 Å². The minimum atomic E-state index is -0.224. The Bertz CT molecular complexity index is 811. The number of halogens is 2. The number of carbonyl (C=O) groups is 1. The van der Waals surface area contributed by atoms with E-state index in [2.05, 4.69) is 10.4 Å². The molecule has 0 saturated heterocycles. The summed E-state index contributed by atoms with van der Waals surface area (Å²) in [6.07, 6.45) is 1.88. The number of para-hydroxylation sites is 1. The molecule has 23 heavy (non-hydrogen) atoms. The van der Waals surface area contributed by atoms with Crippen LogP contribution in [0.3, 0.4) is 0 Å². The summed E-state index contributed by atoms with van der Waals surface area (Å²) in [7, 11) is 0. The Kier molecular flexibility index (Phi) is 4.65. The first-order valence-electron chi connectivity index (χ1n) is 6.97. The van der Waals surface area contributed by atoms with Crippen molar-refractivity contribution in [2.24, 2.45) is 0 Å². The Morgan fingerprint density at radius 3 is 2.39 bits per heavy atom. The lowest BCUT2D eigenvalue weighted by atomic mass is 10.1. The van der Waals surface area contributed by atoms with Gasteiger partial charge in [0.2, 0.25) is 5.91 Å². The molecule has 0 spiro atoms. The van der Waals surface area contributed by atoms with E-state index < -0.39 is 0 Å². The zero-order valence-corrected chi connectivity index (χ0v) is 13.6. The molecule has 3 aromatic rings. The largest absolute Gasteiger partial charge is 0.309 e. The minimum Gasteiger partial charge on any atom is -0.309 e. The van der Waals surface area contributed by atoms with Gasteiger partial charge in [-0.15, -0.1) is 0 Å². The summed E-state index contributed by atoms with van der Waals surface area (Å²) in [5.41, 5.74) is 1.53. The zero-order chi connectivity index (χ0) is 16.2. The van der Waals surface area contributed by atoms with Crippen molar-refractivity contribution in [1.82, 2.24) is 9.78 Å². The molecule has 1 N–H and O–H groups in total. The van der Waals surface area contributed by atoms with Gasteiger partial charge < -0.3 is 5.32 Å². The molecule has 0 fully saturated rings. The van der Waals surface area contributed by atoms with Crippen LogP contribution in [0, 0.1) is 0 Å². The van der Waals surface area contributed by atoms with Crippen LogP contribution in [0.2, 0.25) is 10.0 Å².